The predicted molar refractivity (Wildman–Crippen MR) is 42.6 cm³/mol. The van der Waals surface area contributed by atoms with Gasteiger partial charge in [-0.1, -0.05) is 0 Å². The van der Waals surface area contributed by atoms with Crippen molar-refractivity contribution < 1.29 is 32.5 Å². The molecule has 0 saturated carbocycles. The zero-order valence-corrected chi connectivity index (χ0v) is 12.8. The van der Waals surface area contributed by atoms with E-state index in [0.717, 1.165) is 0 Å². The van der Waals surface area contributed by atoms with Crippen LogP contribution in [0.4, 0.5) is 0 Å². The van der Waals surface area contributed by atoms with Crippen molar-refractivity contribution >= 4 is 9.04 Å². The van der Waals surface area contributed by atoms with E-state index in [1.165, 1.54) is 15.6 Å². The first-order valence-corrected chi connectivity index (χ1v) is 8.87. The third-order valence-electron chi connectivity index (χ3n) is 1.56. The van der Waals surface area contributed by atoms with Gasteiger partial charge in [-0.15, -0.1) is 0 Å². The standard InChI is InChI=1S/C7H7.C2H4O2.Hg/c1-7-5-3-2-4-6-7;1-2(3)4;/h3-6H,1H3;1H3,(H,3,4);/q;;+1/p-1. The Morgan fingerprint density at radius 2 is 1.92 bits per heavy atom. The summed E-state index contributed by atoms with van der Waals surface area (Å²) < 4.78 is 6.30. The predicted octanol–water partition coefficient (Wildman–Crippen LogP) is 1.18. The van der Waals surface area contributed by atoms with Crippen LogP contribution in [0.25, 0.3) is 0 Å². The van der Waals surface area contributed by atoms with Gasteiger partial charge in [-0.05, 0) is 0 Å². The molecule has 0 fully saturated rings. The quantitative estimate of drug-likeness (QED) is 0.749. The van der Waals surface area contributed by atoms with Gasteiger partial charge in [0.15, 0.2) is 0 Å². The molecule has 0 aliphatic carbocycles. The van der Waals surface area contributed by atoms with E-state index in [2.05, 4.69) is 24.3 Å². The molecule has 0 radical (unpaired) electrons. The Morgan fingerprint density at radius 1 is 1.33 bits per heavy atom. The van der Waals surface area contributed by atoms with Gasteiger partial charge in [-0.2, -0.15) is 0 Å². The molecule has 0 amide bonds. The van der Waals surface area contributed by atoms with Gasteiger partial charge in [0, 0.05) is 0 Å². The summed E-state index contributed by atoms with van der Waals surface area (Å²) in [6, 6.07) is 8.22. The molecular weight excluding hydrogens is 341 g/mol. The number of aryl methyl sites for hydroxylation is 1. The molecule has 0 N–H and O–H groups in total. The van der Waals surface area contributed by atoms with Crippen LogP contribution in [0.3, 0.4) is 0 Å². The summed E-state index contributed by atoms with van der Waals surface area (Å²) in [5.41, 5.74) is 1.25. The van der Waals surface area contributed by atoms with Crippen LogP contribution in [0.1, 0.15) is 12.5 Å². The van der Waals surface area contributed by atoms with Gasteiger partial charge in [-0.3, -0.25) is 0 Å². The summed E-state index contributed by atoms with van der Waals surface area (Å²) in [6.07, 6.45) is 0. The number of benzene rings is 1. The number of carbonyl (C=O) groups is 1. The molecule has 2 nitrogen and oxygen atoms in total. The topological polar surface area (TPSA) is 26.3 Å². The van der Waals surface area contributed by atoms with E-state index in [1.54, 1.807) is 0 Å². The molecule has 1 rings (SSSR count). The SMILES string of the molecule is CC(=O)[O][Hg][c]1ccc(C)cc1. The van der Waals surface area contributed by atoms with Gasteiger partial charge in [0.25, 0.3) is 0 Å². The maximum atomic E-state index is 10.5. The van der Waals surface area contributed by atoms with Crippen molar-refractivity contribution in [2.45, 2.75) is 13.8 Å². The van der Waals surface area contributed by atoms with Crippen LogP contribution in [0, 0.1) is 6.92 Å². The van der Waals surface area contributed by atoms with Crippen molar-refractivity contribution in [3.05, 3.63) is 29.8 Å². The number of carbonyl (C=O) groups excluding carboxylic acids is 1. The molecule has 0 aliphatic heterocycles. The van der Waals surface area contributed by atoms with Crippen molar-refractivity contribution in [3.63, 3.8) is 0 Å². The first kappa shape index (κ1) is 9.71. The Bertz CT molecular complexity index is 266. The molecule has 0 saturated heterocycles. The summed E-state index contributed by atoms with van der Waals surface area (Å²) in [5, 5.41) is 0. The van der Waals surface area contributed by atoms with Crippen LogP contribution in [-0.2, 0) is 32.5 Å². The second-order valence-electron chi connectivity index (χ2n) is 2.77. The Labute approximate surface area is 85.0 Å². The van der Waals surface area contributed by atoms with E-state index < -0.39 is 25.0 Å². The summed E-state index contributed by atoms with van der Waals surface area (Å²) >= 11 is -1.54. The van der Waals surface area contributed by atoms with E-state index in [-0.39, 0.29) is 5.97 Å². The summed E-state index contributed by atoms with van der Waals surface area (Å²) in [4.78, 5) is 10.5. The molecule has 0 heterocycles. The summed E-state index contributed by atoms with van der Waals surface area (Å²) in [5.74, 6) is -0.141. The van der Waals surface area contributed by atoms with E-state index >= 15 is 0 Å². The molecule has 0 spiro atoms. The van der Waals surface area contributed by atoms with Crippen LogP contribution in [0.5, 0.6) is 0 Å². The van der Waals surface area contributed by atoms with Crippen LogP contribution < -0.4 is 3.07 Å². The van der Waals surface area contributed by atoms with Crippen molar-refractivity contribution in [2.75, 3.05) is 0 Å². The van der Waals surface area contributed by atoms with E-state index in [1.807, 2.05) is 6.92 Å². The Hall–Kier alpha value is -0.375. The van der Waals surface area contributed by atoms with E-state index in [9.17, 15) is 4.79 Å². The molecule has 60 valence electrons. The van der Waals surface area contributed by atoms with Gasteiger partial charge < -0.3 is 0 Å². The van der Waals surface area contributed by atoms with Crippen LogP contribution in [0.2, 0.25) is 0 Å². The minimum absolute atomic E-state index is 0.141. The molecule has 0 aliphatic rings. The zero-order valence-electron chi connectivity index (χ0n) is 7.33. The van der Waals surface area contributed by atoms with Crippen LogP contribution in [-0.4, -0.2) is 5.97 Å². The van der Waals surface area contributed by atoms with Crippen molar-refractivity contribution in [1.82, 2.24) is 0 Å². The molecule has 3 heteroatoms. The van der Waals surface area contributed by atoms with Gasteiger partial charge in [0.1, 0.15) is 0 Å². The fourth-order valence-corrected chi connectivity index (χ4v) is 3.97. The zero-order chi connectivity index (χ0) is 8.97. The summed E-state index contributed by atoms with van der Waals surface area (Å²) in [7, 11) is 0. The first-order chi connectivity index (χ1) is 5.68. The molecular formula is C9H10HgO2. The number of rotatable bonds is 2. The van der Waals surface area contributed by atoms with Crippen LogP contribution in [0.15, 0.2) is 24.3 Å². The van der Waals surface area contributed by atoms with Crippen molar-refractivity contribution in [2.24, 2.45) is 0 Å². The number of hydrogen-bond donors (Lipinski definition) is 0. The molecule has 12 heavy (non-hydrogen) atoms. The van der Waals surface area contributed by atoms with Crippen LogP contribution >= 0.6 is 0 Å². The fraction of sp³-hybridized carbons (Fsp3) is 0.222. The fourth-order valence-electron chi connectivity index (χ4n) is 0.869. The maximum absolute atomic E-state index is 10.5. The van der Waals surface area contributed by atoms with E-state index in [4.69, 9.17) is 2.64 Å². The minimum atomic E-state index is -1.54. The van der Waals surface area contributed by atoms with Gasteiger partial charge in [-0.25, -0.2) is 0 Å². The average molecular weight is 351 g/mol. The third kappa shape index (κ3) is 3.35. The Kier molecular flexibility index (Phi) is 3.72. The monoisotopic (exact) mass is 352 g/mol. The van der Waals surface area contributed by atoms with Gasteiger partial charge in [0.2, 0.25) is 0 Å². The Morgan fingerprint density at radius 3 is 2.42 bits per heavy atom. The van der Waals surface area contributed by atoms with Gasteiger partial charge >= 0.3 is 85.2 Å². The van der Waals surface area contributed by atoms with Crippen molar-refractivity contribution in [3.8, 4) is 0 Å². The molecule has 0 unspecified atom stereocenters. The molecule has 0 bridgehead atoms. The molecule has 1 aromatic rings. The van der Waals surface area contributed by atoms with Crippen molar-refractivity contribution in [1.29, 1.82) is 0 Å². The molecule has 0 atom stereocenters. The first-order valence-electron chi connectivity index (χ1n) is 3.87. The van der Waals surface area contributed by atoms with Gasteiger partial charge in [0.05, 0.1) is 0 Å². The second kappa shape index (κ2) is 4.60. The normalized spacial score (nSPS) is 8.83. The molecule has 0 aromatic heterocycles. The summed E-state index contributed by atoms with van der Waals surface area (Å²) in [6.45, 7) is 3.51. The van der Waals surface area contributed by atoms with E-state index in [0.29, 0.717) is 0 Å². The average Bonchev–Trinajstić information content (AvgIpc) is 2.03. The number of hydrogen-bond acceptors (Lipinski definition) is 2. The molecule has 1 aromatic carbocycles. The second-order valence-corrected chi connectivity index (χ2v) is 8.18. The third-order valence-corrected chi connectivity index (χ3v) is 6.83. The Balaban J connectivity index is 2.53.